The molecule has 0 aromatic carbocycles. The third-order valence-corrected chi connectivity index (χ3v) is 7.23. The van der Waals surface area contributed by atoms with Crippen molar-refractivity contribution in [2.75, 3.05) is 12.4 Å². The highest BCUT2D eigenvalue weighted by Gasteiger charge is 2.41. The number of carbonyl (C=O) groups excluding carboxylic acids is 2. The summed E-state index contributed by atoms with van der Waals surface area (Å²) in [6, 6.07) is 3.31. The molecule has 0 unspecified atom stereocenters. The van der Waals surface area contributed by atoms with Gasteiger partial charge in [0.2, 0.25) is 0 Å². The summed E-state index contributed by atoms with van der Waals surface area (Å²) in [5.41, 5.74) is 0.835. The highest BCUT2D eigenvalue weighted by molar-refractivity contribution is 7.16. The fourth-order valence-corrected chi connectivity index (χ4v) is 5.40. The van der Waals surface area contributed by atoms with Crippen LogP contribution in [0, 0.1) is 6.92 Å². The molecule has 15 heteroatoms. The first-order valence-electron chi connectivity index (χ1n) is 11.3. The topological polar surface area (TPSA) is 115 Å². The summed E-state index contributed by atoms with van der Waals surface area (Å²) >= 11 is 7.23. The zero-order valence-electron chi connectivity index (χ0n) is 20.6. The van der Waals surface area contributed by atoms with Crippen LogP contribution in [-0.4, -0.2) is 48.6 Å². The number of hydrogen-bond donors (Lipinski definition) is 1. The molecule has 2 amide bonds. The van der Waals surface area contributed by atoms with Crippen LogP contribution in [0.4, 0.5) is 18.3 Å². The Balaban J connectivity index is 1.36. The average Bonchev–Trinajstić information content (AvgIpc) is 3.56. The van der Waals surface area contributed by atoms with E-state index in [4.69, 9.17) is 16.3 Å². The molecule has 202 valence electrons. The van der Waals surface area contributed by atoms with E-state index in [9.17, 15) is 22.8 Å². The van der Waals surface area contributed by atoms with Crippen LogP contribution >= 0.6 is 22.9 Å². The van der Waals surface area contributed by atoms with E-state index in [1.54, 1.807) is 19.1 Å². The number of hydrogen-bond acceptors (Lipinski definition) is 8. The van der Waals surface area contributed by atoms with Gasteiger partial charge in [-0.25, -0.2) is 9.97 Å². The summed E-state index contributed by atoms with van der Waals surface area (Å²) in [6.07, 6.45) is -0.932. The minimum atomic E-state index is -4.73. The van der Waals surface area contributed by atoms with Crippen molar-refractivity contribution in [2.24, 2.45) is 7.05 Å². The zero-order chi connectivity index (χ0) is 28.1. The standard InChI is InChI=1S/C24H19ClF3N7O3S/c1-11-4-12(13-5-19(25)30-8-17(13)38-3)14(6-29-11)21(36)33-23-32-16-9-35(10-18(16)39-23)22(37)15-7-31-34(2)20(15)24(26,27)28/h4-8H,9-10H2,1-3H3,(H,32,33,36). The summed E-state index contributed by atoms with van der Waals surface area (Å²) < 4.78 is 46.3. The Hall–Kier alpha value is -4.04. The second-order valence-electron chi connectivity index (χ2n) is 8.61. The van der Waals surface area contributed by atoms with Gasteiger partial charge < -0.3 is 9.64 Å². The zero-order valence-corrected chi connectivity index (χ0v) is 22.2. The number of fused-ring (bicyclic) bond motifs is 1. The van der Waals surface area contributed by atoms with Crippen LogP contribution < -0.4 is 10.1 Å². The Bertz CT molecular complexity index is 1600. The number of amides is 2. The highest BCUT2D eigenvalue weighted by atomic mass is 35.5. The maximum absolute atomic E-state index is 13.4. The number of methoxy groups -OCH3 is 1. The molecule has 4 aromatic heterocycles. The minimum absolute atomic E-state index is 0.00320. The Morgan fingerprint density at radius 1 is 1.10 bits per heavy atom. The molecule has 0 radical (unpaired) electrons. The van der Waals surface area contributed by atoms with Crippen LogP contribution in [0.25, 0.3) is 11.1 Å². The molecule has 4 aromatic rings. The Kier molecular flexibility index (Phi) is 6.76. The van der Waals surface area contributed by atoms with Gasteiger partial charge in [0, 0.05) is 30.1 Å². The molecule has 0 atom stereocenters. The maximum atomic E-state index is 13.4. The van der Waals surface area contributed by atoms with Crippen molar-refractivity contribution in [1.29, 1.82) is 0 Å². The number of alkyl halides is 3. The second-order valence-corrected chi connectivity index (χ2v) is 10.1. The van der Waals surface area contributed by atoms with Gasteiger partial charge in [-0.05, 0) is 19.1 Å². The lowest BCUT2D eigenvalue weighted by molar-refractivity contribution is -0.144. The van der Waals surface area contributed by atoms with Crippen LogP contribution in [-0.2, 0) is 26.3 Å². The van der Waals surface area contributed by atoms with Crippen LogP contribution in [0.1, 0.15) is 42.7 Å². The predicted octanol–water partition coefficient (Wildman–Crippen LogP) is 4.73. The largest absolute Gasteiger partial charge is 0.494 e. The molecule has 0 bridgehead atoms. The van der Waals surface area contributed by atoms with E-state index in [2.05, 4.69) is 25.4 Å². The van der Waals surface area contributed by atoms with Gasteiger partial charge >= 0.3 is 6.18 Å². The predicted molar refractivity (Wildman–Crippen MR) is 136 cm³/mol. The molecule has 5 heterocycles. The lowest BCUT2D eigenvalue weighted by Crippen LogP contribution is -2.28. The highest BCUT2D eigenvalue weighted by Crippen LogP contribution is 2.37. The summed E-state index contributed by atoms with van der Waals surface area (Å²) in [6.45, 7) is 1.83. The van der Waals surface area contributed by atoms with Gasteiger partial charge in [0.05, 0.1) is 54.3 Å². The number of nitrogens with one attached hydrogen (secondary N) is 1. The molecule has 39 heavy (non-hydrogen) atoms. The number of carbonyl (C=O) groups is 2. The Morgan fingerprint density at radius 2 is 1.87 bits per heavy atom. The Morgan fingerprint density at radius 3 is 2.56 bits per heavy atom. The van der Waals surface area contributed by atoms with Gasteiger partial charge in [-0.1, -0.05) is 22.9 Å². The molecular formula is C24H19ClF3N7O3S. The molecule has 0 saturated carbocycles. The van der Waals surface area contributed by atoms with E-state index >= 15 is 0 Å². The molecule has 1 aliphatic heterocycles. The van der Waals surface area contributed by atoms with E-state index in [-0.39, 0.29) is 28.9 Å². The molecule has 0 aliphatic carbocycles. The third kappa shape index (κ3) is 5.04. The summed E-state index contributed by atoms with van der Waals surface area (Å²) in [4.78, 5) is 40.7. The molecule has 10 nitrogen and oxygen atoms in total. The quantitative estimate of drug-likeness (QED) is 0.341. The van der Waals surface area contributed by atoms with Crippen LogP contribution in [0.3, 0.4) is 0 Å². The number of pyridine rings is 2. The molecule has 0 saturated heterocycles. The molecule has 0 fully saturated rings. The summed E-state index contributed by atoms with van der Waals surface area (Å²) in [5, 5.41) is 6.85. The van der Waals surface area contributed by atoms with Crippen LogP contribution in [0.2, 0.25) is 5.15 Å². The summed E-state index contributed by atoms with van der Waals surface area (Å²) in [7, 11) is 2.61. The van der Waals surface area contributed by atoms with Crippen molar-refractivity contribution in [3.8, 4) is 16.9 Å². The number of aromatic nitrogens is 5. The molecule has 1 aliphatic rings. The number of thiazole rings is 1. The number of halogens is 4. The minimum Gasteiger partial charge on any atom is -0.494 e. The van der Waals surface area contributed by atoms with E-state index in [0.29, 0.717) is 37.8 Å². The van der Waals surface area contributed by atoms with Crippen molar-refractivity contribution in [3.05, 3.63) is 69.0 Å². The van der Waals surface area contributed by atoms with E-state index in [1.807, 2.05) is 0 Å². The smallest absolute Gasteiger partial charge is 0.433 e. The van der Waals surface area contributed by atoms with E-state index < -0.39 is 29.2 Å². The first kappa shape index (κ1) is 26.6. The lowest BCUT2D eigenvalue weighted by Gasteiger charge is -2.17. The lowest BCUT2D eigenvalue weighted by atomic mass is 10.0. The second kappa shape index (κ2) is 9.93. The van der Waals surface area contributed by atoms with Crippen molar-refractivity contribution in [1.82, 2.24) is 29.6 Å². The number of anilines is 1. The fraction of sp³-hybridized carbons (Fsp3) is 0.250. The van der Waals surface area contributed by atoms with Gasteiger partial charge in [-0.2, -0.15) is 18.3 Å². The van der Waals surface area contributed by atoms with Crippen molar-refractivity contribution < 1.29 is 27.5 Å². The monoisotopic (exact) mass is 577 g/mol. The first-order valence-corrected chi connectivity index (χ1v) is 12.5. The normalized spacial score (nSPS) is 12.9. The molecule has 1 N–H and O–H groups in total. The van der Waals surface area contributed by atoms with Gasteiger partial charge in [0.15, 0.2) is 10.8 Å². The van der Waals surface area contributed by atoms with Gasteiger partial charge in [0.25, 0.3) is 11.8 Å². The number of rotatable bonds is 5. The van der Waals surface area contributed by atoms with E-state index in [1.165, 1.54) is 24.4 Å². The van der Waals surface area contributed by atoms with E-state index in [0.717, 1.165) is 24.6 Å². The summed E-state index contributed by atoms with van der Waals surface area (Å²) in [5.74, 6) is -0.871. The van der Waals surface area contributed by atoms with Crippen molar-refractivity contribution in [3.63, 3.8) is 0 Å². The Labute approximate surface area is 228 Å². The van der Waals surface area contributed by atoms with Gasteiger partial charge in [0.1, 0.15) is 10.9 Å². The average molecular weight is 578 g/mol. The molecule has 0 spiro atoms. The SMILES string of the molecule is COc1cnc(Cl)cc1-c1cc(C)ncc1C(=O)Nc1nc2c(s1)CN(C(=O)c1cnn(C)c1C(F)(F)F)C2. The fourth-order valence-electron chi connectivity index (χ4n) is 4.26. The van der Waals surface area contributed by atoms with Gasteiger partial charge in [-0.3, -0.25) is 24.6 Å². The van der Waals surface area contributed by atoms with Gasteiger partial charge in [-0.15, -0.1) is 0 Å². The van der Waals surface area contributed by atoms with Crippen molar-refractivity contribution >= 4 is 39.9 Å². The van der Waals surface area contributed by atoms with Crippen molar-refractivity contribution in [2.45, 2.75) is 26.2 Å². The molecule has 5 rings (SSSR count). The number of ether oxygens (including phenoxy) is 1. The maximum Gasteiger partial charge on any atom is 0.433 e. The first-order chi connectivity index (χ1) is 18.5. The number of nitrogens with zero attached hydrogens (tertiary/aromatic N) is 6. The number of aryl methyl sites for hydroxylation is 2. The van der Waals surface area contributed by atoms with Crippen LogP contribution in [0.5, 0.6) is 5.75 Å². The molecular weight excluding hydrogens is 559 g/mol. The third-order valence-electron chi connectivity index (χ3n) is 6.03. The van der Waals surface area contributed by atoms with Crippen LogP contribution in [0.15, 0.2) is 30.7 Å².